The van der Waals surface area contributed by atoms with Gasteiger partial charge in [0.25, 0.3) is 0 Å². The van der Waals surface area contributed by atoms with Crippen LogP contribution in [-0.4, -0.2) is 21.0 Å². The van der Waals surface area contributed by atoms with E-state index in [2.05, 4.69) is 9.97 Å². The number of imidazole rings is 1. The number of carboxylic acids is 1. The largest absolute Gasteiger partial charge is 0.476 e. The number of aromatic amines is 1. The molecule has 0 amide bonds. The second-order valence-corrected chi connectivity index (χ2v) is 2.31. The van der Waals surface area contributed by atoms with E-state index in [0.717, 1.165) is 0 Å². The Kier molecular flexibility index (Phi) is 3.76. The van der Waals surface area contributed by atoms with Gasteiger partial charge in [0.05, 0.1) is 0 Å². The van der Waals surface area contributed by atoms with Crippen LogP contribution in [0.25, 0.3) is 0 Å². The Morgan fingerprint density at radius 1 is 1.67 bits per heavy atom. The highest BCUT2D eigenvalue weighted by Gasteiger charge is 2.12. The second-order valence-electron chi connectivity index (χ2n) is 2.31. The number of aromatic nitrogens is 2. The summed E-state index contributed by atoms with van der Waals surface area (Å²) in [5.41, 5.74) is 0.833. The Balaban J connectivity index is 0.00000121. The summed E-state index contributed by atoms with van der Waals surface area (Å²) >= 11 is 0. The lowest BCUT2D eigenvalue weighted by molar-refractivity contribution is 0.0690. The molecule has 5 heteroatoms. The Bertz CT molecular complexity index is 283. The van der Waals surface area contributed by atoms with Crippen LogP contribution in [0.2, 0.25) is 0 Å². The summed E-state index contributed by atoms with van der Waals surface area (Å²) in [6, 6.07) is 0. The molecule has 0 unspecified atom stereocenters. The topological polar surface area (TPSA) is 66.0 Å². The minimum atomic E-state index is -0.966. The number of nitrogens with zero attached hydrogens (tertiary/aromatic N) is 1. The first-order chi connectivity index (χ1) is 5.15. The maximum atomic E-state index is 10.5. The average molecular weight is 191 g/mol. The normalized spacial score (nSPS) is 9.17. The van der Waals surface area contributed by atoms with E-state index in [0.29, 0.717) is 17.9 Å². The lowest BCUT2D eigenvalue weighted by Crippen LogP contribution is -2.00. The molecule has 1 rings (SSSR count). The highest BCUT2D eigenvalue weighted by Crippen LogP contribution is 2.05. The number of hydrogen-bond donors (Lipinski definition) is 2. The molecule has 1 aromatic heterocycles. The van der Waals surface area contributed by atoms with E-state index in [-0.39, 0.29) is 18.1 Å². The Morgan fingerprint density at radius 3 is 2.58 bits per heavy atom. The molecule has 0 spiro atoms. The van der Waals surface area contributed by atoms with Gasteiger partial charge < -0.3 is 10.1 Å². The van der Waals surface area contributed by atoms with Crippen LogP contribution in [0.5, 0.6) is 0 Å². The van der Waals surface area contributed by atoms with Crippen molar-refractivity contribution < 1.29 is 9.90 Å². The minimum absolute atomic E-state index is 0. The molecule has 1 aromatic rings. The van der Waals surface area contributed by atoms with Crippen LogP contribution < -0.4 is 0 Å². The number of rotatable bonds is 2. The van der Waals surface area contributed by atoms with E-state index in [1.165, 1.54) is 0 Å². The van der Waals surface area contributed by atoms with Crippen LogP contribution in [0.4, 0.5) is 0 Å². The molecule has 0 aliphatic heterocycles. The monoisotopic (exact) mass is 190 g/mol. The zero-order valence-electron chi connectivity index (χ0n) is 6.92. The van der Waals surface area contributed by atoms with Crippen molar-refractivity contribution in [1.29, 1.82) is 0 Å². The van der Waals surface area contributed by atoms with E-state index < -0.39 is 5.97 Å². The molecular weight excluding hydrogens is 180 g/mol. The lowest BCUT2D eigenvalue weighted by Gasteiger charge is -1.90. The number of aromatic carboxylic acids is 1. The number of hydrogen-bond acceptors (Lipinski definition) is 2. The minimum Gasteiger partial charge on any atom is -0.476 e. The van der Waals surface area contributed by atoms with Crippen molar-refractivity contribution in [3.8, 4) is 0 Å². The predicted molar refractivity (Wildman–Crippen MR) is 46.9 cm³/mol. The number of carbonyl (C=O) groups is 1. The van der Waals surface area contributed by atoms with Gasteiger partial charge in [0.15, 0.2) is 5.69 Å². The molecule has 12 heavy (non-hydrogen) atoms. The predicted octanol–water partition coefficient (Wildman–Crippen LogP) is 1.40. The van der Waals surface area contributed by atoms with E-state index in [1.54, 1.807) is 6.92 Å². The standard InChI is InChI=1S/C7H10N2O2.ClH/c1-3-5-6(7(10)11)9-4(2)8-5;/h3H2,1-2H3,(H,8,9)(H,10,11);1H. The van der Waals surface area contributed by atoms with Gasteiger partial charge in [0.2, 0.25) is 0 Å². The van der Waals surface area contributed by atoms with Crippen molar-refractivity contribution in [2.45, 2.75) is 20.3 Å². The first kappa shape index (κ1) is 11.0. The number of aryl methyl sites for hydroxylation is 2. The molecule has 0 saturated carbocycles. The summed E-state index contributed by atoms with van der Waals surface area (Å²) in [5, 5.41) is 8.63. The summed E-state index contributed by atoms with van der Waals surface area (Å²) in [7, 11) is 0. The molecule has 0 saturated heterocycles. The van der Waals surface area contributed by atoms with Crippen LogP contribution in [0, 0.1) is 6.92 Å². The molecule has 4 nitrogen and oxygen atoms in total. The van der Waals surface area contributed by atoms with Gasteiger partial charge in [-0.1, -0.05) is 6.92 Å². The van der Waals surface area contributed by atoms with Crippen LogP contribution >= 0.6 is 12.4 Å². The van der Waals surface area contributed by atoms with Gasteiger partial charge in [-0.25, -0.2) is 9.78 Å². The molecule has 0 aliphatic carbocycles. The molecular formula is C7H11ClN2O2. The van der Waals surface area contributed by atoms with Crippen LogP contribution in [0.3, 0.4) is 0 Å². The first-order valence-corrected chi connectivity index (χ1v) is 3.44. The highest BCUT2D eigenvalue weighted by atomic mass is 35.5. The van der Waals surface area contributed by atoms with Gasteiger partial charge in [-0.15, -0.1) is 12.4 Å². The highest BCUT2D eigenvalue weighted by molar-refractivity contribution is 5.86. The fourth-order valence-corrected chi connectivity index (χ4v) is 0.973. The third kappa shape index (κ3) is 1.98. The quantitative estimate of drug-likeness (QED) is 0.741. The van der Waals surface area contributed by atoms with Gasteiger partial charge >= 0.3 is 5.97 Å². The molecule has 0 aliphatic rings. The molecule has 0 atom stereocenters. The Hall–Kier alpha value is -1.03. The molecule has 1 heterocycles. The van der Waals surface area contributed by atoms with Gasteiger partial charge in [-0.2, -0.15) is 0 Å². The lowest BCUT2D eigenvalue weighted by atomic mass is 10.3. The van der Waals surface area contributed by atoms with Crippen molar-refractivity contribution in [2.24, 2.45) is 0 Å². The maximum Gasteiger partial charge on any atom is 0.356 e. The first-order valence-electron chi connectivity index (χ1n) is 3.44. The third-order valence-electron chi connectivity index (χ3n) is 1.45. The number of nitrogens with one attached hydrogen (secondary N) is 1. The Morgan fingerprint density at radius 2 is 2.25 bits per heavy atom. The van der Waals surface area contributed by atoms with Gasteiger partial charge in [0.1, 0.15) is 5.82 Å². The second kappa shape index (κ2) is 4.11. The van der Waals surface area contributed by atoms with Crippen molar-refractivity contribution in [1.82, 2.24) is 9.97 Å². The average Bonchev–Trinajstić information content (AvgIpc) is 2.30. The number of halogens is 1. The fourth-order valence-electron chi connectivity index (χ4n) is 0.973. The number of H-pyrrole nitrogens is 1. The summed E-state index contributed by atoms with van der Waals surface area (Å²) in [4.78, 5) is 17.2. The van der Waals surface area contributed by atoms with Gasteiger partial charge in [0, 0.05) is 5.69 Å². The molecule has 0 bridgehead atoms. The van der Waals surface area contributed by atoms with Crippen molar-refractivity contribution in [2.75, 3.05) is 0 Å². The van der Waals surface area contributed by atoms with Crippen molar-refractivity contribution in [3.63, 3.8) is 0 Å². The van der Waals surface area contributed by atoms with Gasteiger partial charge in [-0.3, -0.25) is 0 Å². The molecule has 0 fully saturated rings. The SMILES string of the molecule is CCc1[nH]c(C)nc1C(=O)O.Cl. The zero-order valence-corrected chi connectivity index (χ0v) is 7.73. The van der Waals surface area contributed by atoms with Crippen molar-refractivity contribution in [3.05, 3.63) is 17.2 Å². The van der Waals surface area contributed by atoms with Crippen molar-refractivity contribution >= 4 is 18.4 Å². The van der Waals surface area contributed by atoms with E-state index in [1.807, 2.05) is 6.92 Å². The maximum absolute atomic E-state index is 10.5. The summed E-state index contributed by atoms with van der Waals surface area (Å²) in [6.45, 7) is 3.63. The van der Waals surface area contributed by atoms with E-state index >= 15 is 0 Å². The van der Waals surface area contributed by atoms with Crippen LogP contribution in [0.15, 0.2) is 0 Å². The van der Waals surface area contributed by atoms with Gasteiger partial charge in [-0.05, 0) is 13.3 Å². The third-order valence-corrected chi connectivity index (χ3v) is 1.45. The van der Waals surface area contributed by atoms with E-state index in [4.69, 9.17) is 5.11 Å². The smallest absolute Gasteiger partial charge is 0.356 e. The summed E-state index contributed by atoms with van der Waals surface area (Å²) in [5.74, 6) is -0.314. The molecule has 0 aromatic carbocycles. The molecule has 0 radical (unpaired) electrons. The van der Waals surface area contributed by atoms with Crippen LogP contribution in [-0.2, 0) is 6.42 Å². The van der Waals surface area contributed by atoms with Crippen LogP contribution in [0.1, 0.15) is 28.9 Å². The molecule has 2 N–H and O–H groups in total. The van der Waals surface area contributed by atoms with E-state index in [9.17, 15) is 4.79 Å². The fraction of sp³-hybridized carbons (Fsp3) is 0.429. The molecule has 68 valence electrons. The summed E-state index contributed by atoms with van der Waals surface area (Å²) in [6.07, 6.45) is 0.669. The zero-order chi connectivity index (χ0) is 8.43. The number of carboxylic acid groups (broad SMARTS) is 1. The summed E-state index contributed by atoms with van der Waals surface area (Å²) < 4.78 is 0. The Labute approximate surface area is 76.4 Å².